The molecular weight excluding hydrogens is 438 g/mol. The van der Waals surface area contributed by atoms with Crippen LogP contribution in [0.5, 0.6) is 0 Å². The van der Waals surface area contributed by atoms with Gasteiger partial charge in [-0.3, -0.25) is 4.90 Å². The van der Waals surface area contributed by atoms with Crippen molar-refractivity contribution in [3.05, 3.63) is 40.8 Å². The first kappa shape index (κ1) is 23.0. The first-order valence-corrected chi connectivity index (χ1v) is 14.3. The molecule has 2 saturated heterocycles. The summed E-state index contributed by atoms with van der Waals surface area (Å²) in [5.74, 6) is 3.59. The topological polar surface area (TPSA) is 55.2 Å². The van der Waals surface area contributed by atoms with Gasteiger partial charge in [-0.15, -0.1) is 0 Å². The molecule has 2 aliphatic heterocycles. The molecule has 4 aliphatic carbocycles. The van der Waals surface area contributed by atoms with Gasteiger partial charge in [-0.1, -0.05) is 13.8 Å². The highest BCUT2D eigenvalue weighted by Crippen LogP contribution is 2.78. The molecule has 9 atom stereocenters. The molecule has 1 aromatic heterocycles. The lowest BCUT2D eigenvalue weighted by Gasteiger charge is -2.61. The van der Waals surface area contributed by atoms with Gasteiger partial charge < -0.3 is 13.9 Å². The van der Waals surface area contributed by atoms with E-state index in [2.05, 4.69) is 25.2 Å². The Kier molecular flexibility index (Phi) is 5.36. The summed E-state index contributed by atoms with van der Waals surface area (Å²) in [5.41, 5.74) is 1.64. The first-order valence-electron chi connectivity index (χ1n) is 14.3. The Morgan fingerprint density at radius 1 is 1.03 bits per heavy atom. The molecule has 6 fully saturated rings. The van der Waals surface area contributed by atoms with Crippen molar-refractivity contribution in [1.29, 1.82) is 0 Å². The van der Waals surface area contributed by atoms with Crippen molar-refractivity contribution in [1.82, 2.24) is 4.90 Å². The molecule has 35 heavy (non-hydrogen) atoms. The minimum absolute atomic E-state index is 0.0595. The van der Waals surface area contributed by atoms with Gasteiger partial charge in [-0.25, -0.2) is 4.79 Å². The normalized spacial score (nSPS) is 49.0. The van der Waals surface area contributed by atoms with E-state index in [0.717, 1.165) is 57.0 Å². The predicted molar refractivity (Wildman–Crippen MR) is 134 cm³/mol. The van der Waals surface area contributed by atoms with Crippen LogP contribution < -0.4 is 5.63 Å². The highest BCUT2D eigenvalue weighted by atomic mass is 16.6. The Labute approximate surface area is 209 Å². The van der Waals surface area contributed by atoms with Crippen LogP contribution in [0.1, 0.15) is 76.7 Å². The Hall–Kier alpha value is -1.17. The zero-order chi connectivity index (χ0) is 23.8. The van der Waals surface area contributed by atoms with Gasteiger partial charge in [0.1, 0.15) is 5.60 Å². The monoisotopic (exact) mass is 480 g/mol. The smallest absolute Gasteiger partial charge is 0.335 e. The highest BCUT2D eigenvalue weighted by Gasteiger charge is 2.80. The van der Waals surface area contributed by atoms with Crippen molar-refractivity contribution in [3.63, 3.8) is 0 Å². The van der Waals surface area contributed by atoms with Crippen molar-refractivity contribution in [2.24, 2.45) is 34.5 Å². The van der Waals surface area contributed by atoms with E-state index in [1.807, 2.05) is 6.07 Å². The van der Waals surface area contributed by atoms with Gasteiger partial charge in [0, 0.05) is 31.1 Å². The molecule has 1 aromatic rings. The van der Waals surface area contributed by atoms with Crippen LogP contribution in [0.25, 0.3) is 0 Å². The second-order valence-corrected chi connectivity index (χ2v) is 13.2. The third kappa shape index (κ3) is 3.33. The molecule has 6 aliphatic rings. The van der Waals surface area contributed by atoms with E-state index < -0.39 is 0 Å². The van der Waals surface area contributed by atoms with E-state index >= 15 is 0 Å². The Bertz CT molecular complexity index is 997. The van der Waals surface area contributed by atoms with Crippen LogP contribution >= 0.6 is 0 Å². The van der Waals surface area contributed by atoms with Gasteiger partial charge in [0.15, 0.2) is 0 Å². The fourth-order valence-corrected chi connectivity index (χ4v) is 10.1. The van der Waals surface area contributed by atoms with E-state index in [4.69, 9.17) is 13.9 Å². The maximum absolute atomic E-state index is 11.6. The molecule has 0 amide bonds. The molecule has 0 N–H and O–H groups in total. The molecular formula is C30H42NO4. The fourth-order valence-electron chi connectivity index (χ4n) is 10.1. The zero-order valence-corrected chi connectivity index (χ0v) is 21.5. The Morgan fingerprint density at radius 3 is 2.69 bits per heavy atom. The van der Waals surface area contributed by atoms with E-state index in [0.29, 0.717) is 23.4 Å². The summed E-state index contributed by atoms with van der Waals surface area (Å²) in [6, 6.07) is 3.61. The van der Waals surface area contributed by atoms with Gasteiger partial charge in [0.05, 0.1) is 25.6 Å². The van der Waals surface area contributed by atoms with Crippen LogP contribution in [0, 0.1) is 40.9 Å². The van der Waals surface area contributed by atoms with E-state index in [1.165, 1.54) is 50.5 Å². The second kappa shape index (κ2) is 8.16. The fraction of sp³-hybridized carbons (Fsp3) is 0.800. The maximum atomic E-state index is 11.6. The molecule has 7 rings (SSSR count). The molecule has 0 bridgehead atoms. The summed E-state index contributed by atoms with van der Waals surface area (Å²) in [7, 11) is 0. The average molecular weight is 481 g/mol. The van der Waals surface area contributed by atoms with Crippen molar-refractivity contribution in [2.45, 2.75) is 82.8 Å². The number of hydrogen-bond acceptors (Lipinski definition) is 5. The molecule has 4 saturated carbocycles. The molecule has 1 radical (unpaired) electrons. The van der Waals surface area contributed by atoms with E-state index in [-0.39, 0.29) is 16.6 Å². The number of ether oxygens (including phenoxy) is 2. The summed E-state index contributed by atoms with van der Waals surface area (Å²) in [6.45, 7) is 10.3. The predicted octanol–water partition coefficient (Wildman–Crippen LogP) is 5.05. The number of epoxide rings is 1. The lowest BCUT2D eigenvalue weighted by Crippen LogP contribution is -2.58. The maximum Gasteiger partial charge on any atom is 0.335 e. The van der Waals surface area contributed by atoms with Crippen LogP contribution in [0.3, 0.4) is 0 Å². The summed E-state index contributed by atoms with van der Waals surface area (Å²) < 4.78 is 17.6. The van der Waals surface area contributed by atoms with Gasteiger partial charge in [-0.05, 0) is 104 Å². The highest BCUT2D eigenvalue weighted by molar-refractivity contribution is 5.35. The number of morpholine rings is 1. The van der Waals surface area contributed by atoms with Crippen LogP contribution in [0.15, 0.2) is 27.6 Å². The average Bonchev–Trinajstić information content (AvgIpc) is 3.53. The van der Waals surface area contributed by atoms with Crippen LogP contribution in [-0.2, 0) is 9.47 Å². The van der Waals surface area contributed by atoms with Gasteiger partial charge in [0.25, 0.3) is 0 Å². The van der Waals surface area contributed by atoms with Crippen LogP contribution in [0.2, 0.25) is 0 Å². The lowest BCUT2D eigenvalue weighted by atomic mass is 9.43. The molecule has 0 aromatic carbocycles. The SMILES string of the molecule is C[C@]12CC[C@H]([CH]CN3CCOCC3)C[C@H]1CC[C@@H]1[C@@H]2CC[C@]2(C)[C@@H](c3ccc(=O)oc3)C[C@H]3O[C@]132. The molecule has 1 spiro atoms. The summed E-state index contributed by atoms with van der Waals surface area (Å²) >= 11 is 0. The number of nitrogens with zero attached hydrogens (tertiary/aromatic N) is 1. The lowest BCUT2D eigenvalue weighted by molar-refractivity contribution is -0.131. The van der Waals surface area contributed by atoms with Crippen molar-refractivity contribution < 1.29 is 13.9 Å². The summed E-state index contributed by atoms with van der Waals surface area (Å²) in [5, 5.41) is 0. The molecule has 5 nitrogen and oxygen atoms in total. The second-order valence-electron chi connectivity index (χ2n) is 13.2. The third-order valence-electron chi connectivity index (χ3n) is 12.1. The number of rotatable bonds is 4. The zero-order valence-electron chi connectivity index (χ0n) is 21.5. The van der Waals surface area contributed by atoms with E-state index in [1.54, 1.807) is 12.3 Å². The van der Waals surface area contributed by atoms with E-state index in [9.17, 15) is 4.79 Å². The third-order valence-corrected chi connectivity index (χ3v) is 12.1. The largest absolute Gasteiger partial charge is 0.431 e. The van der Waals surface area contributed by atoms with Gasteiger partial charge in [-0.2, -0.15) is 0 Å². The minimum atomic E-state index is -0.249. The number of hydrogen-bond donors (Lipinski definition) is 0. The van der Waals surface area contributed by atoms with Gasteiger partial charge >= 0.3 is 5.63 Å². The first-order chi connectivity index (χ1) is 16.9. The molecule has 3 heterocycles. The van der Waals surface area contributed by atoms with Crippen molar-refractivity contribution in [3.8, 4) is 0 Å². The van der Waals surface area contributed by atoms with Crippen molar-refractivity contribution >= 4 is 0 Å². The van der Waals surface area contributed by atoms with Crippen molar-refractivity contribution in [2.75, 3.05) is 32.8 Å². The minimum Gasteiger partial charge on any atom is -0.431 e. The number of fused-ring (bicyclic) bond motifs is 3. The summed E-state index contributed by atoms with van der Waals surface area (Å²) in [4.78, 5) is 14.1. The van der Waals surface area contributed by atoms with Crippen LogP contribution in [-0.4, -0.2) is 49.5 Å². The standard InChI is InChI=1S/C30H42NO4/c1-28-10-7-20(9-12-31-13-15-33-16-14-31)17-22(28)4-5-24-23(28)8-11-29(2)25(18-26-30(24,29)35-26)21-3-6-27(32)34-19-21/h3,6,9,19-20,22-26H,4-5,7-8,10-18H2,1-2H3/t20-,22-,23+,24-,25-,26-,28+,29-,30-/m1/s1. The van der Waals surface area contributed by atoms with Gasteiger partial charge in [0.2, 0.25) is 0 Å². The molecule has 191 valence electrons. The summed E-state index contributed by atoms with van der Waals surface area (Å²) in [6.07, 6.45) is 15.3. The molecule has 0 unspecified atom stereocenters. The Balaban J connectivity index is 1.07. The quantitative estimate of drug-likeness (QED) is 0.565. The van der Waals surface area contributed by atoms with Crippen LogP contribution in [0.4, 0.5) is 0 Å². The molecule has 5 heteroatoms. The Morgan fingerprint density at radius 2 is 1.89 bits per heavy atom.